The molecule has 1 amide bonds. The van der Waals surface area contributed by atoms with Gasteiger partial charge in [-0.05, 0) is 25.5 Å². The van der Waals surface area contributed by atoms with Crippen molar-refractivity contribution in [3.8, 4) is 0 Å². The van der Waals surface area contributed by atoms with Crippen LogP contribution in [0.15, 0.2) is 12.1 Å². The van der Waals surface area contributed by atoms with E-state index in [0.29, 0.717) is 10.7 Å². The van der Waals surface area contributed by atoms with E-state index in [9.17, 15) is 4.79 Å². The summed E-state index contributed by atoms with van der Waals surface area (Å²) < 4.78 is 0. The average molecular weight is 265 g/mol. The molecule has 0 aliphatic rings. The molecule has 0 aromatic carbocycles. The first-order chi connectivity index (χ1) is 8.60. The first-order valence-electron chi connectivity index (χ1n) is 5.67. The Morgan fingerprint density at radius 1 is 1.61 bits per heavy atom. The Balaban J connectivity index is 2.02. The van der Waals surface area contributed by atoms with E-state index < -0.39 is 0 Å². The monoisotopic (exact) mass is 265 g/mol. The van der Waals surface area contributed by atoms with E-state index in [1.165, 1.54) is 16.2 Å². The van der Waals surface area contributed by atoms with E-state index in [-0.39, 0.29) is 17.9 Å². The number of rotatable bonds is 4. The van der Waals surface area contributed by atoms with Crippen LogP contribution in [0.4, 0.5) is 5.95 Å². The summed E-state index contributed by atoms with van der Waals surface area (Å²) in [5.74, 6) is 0.616. The zero-order valence-corrected chi connectivity index (χ0v) is 11.0. The summed E-state index contributed by atoms with van der Waals surface area (Å²) >= 11 is 1.50. The standard InChI is InChI=1S/C11H15N5OS/c1-3-7-4-5-8(18-7)10(17)13-6(2)9-14-11(12)16-15-9/h4-6H,3H2,1-2H3,(H,13,17)(H3,12,14,15,16). The molecule has 0 spiro atoms. The van der Waals surface area contributed by atoms with Crippen LogP contribution in [-0.4, -0.2) is 21.1 Å². The maximum atomic E-state index is 12.0. The first kappa shape index (κ1) is 12.6. The number of nitrogens with two attached hydrogens (primary N) is 1. The van der Waals surface area contributed by atoms with Crippen LogP contribution in [0.1, 0.15) is 40.3 Å². The van der Waals surface area contributed by atoms with Gasteiger partial charge in [0, 0.05) is 4.88 Å². The molecule has 18 heavy (non-hydrogen) atoms. The minimum atomic E-state index is -0.255. The largest absolute Gasteiger partial charge is 0.367 e. The van der Waals surface area contributed by atoms with E-state index in [0.717, 1.165) is 6.42 Å². The fourth-order valence-electron chi connectivity index (χ4n) is 1.51. The number of amides is 1. The third-order valence-electron chi connectivity index (χ3n) is 2.51. The fourth-order valence-corrected chi connectivity index (χ4v) is 2.36. The van der Waals surface area contributed by atoms with Crippen LogP contribution in [0.5, 0.6) is 0 Å². The highest BCUT2D eigenvalue weighted by molar-refractivity contribution is 7.14. The second-order valence-electron chi connectivity index (χ2n) is 3.89. The Labute approximate surface area is 109 Å². The molecule has 6 nitrogen and oxygen atoms in total. The highest BCUT2D eigenvalue weighted by Gasteiger charge is 2.15. The average Bonchev–Trinajstić information content (AvgIpc) is 2.97. The zero-order valence-electron chi connectivity index (χ0n) is 10.2. The highest BCUT2D eigenvalue weighted by atomic mass is 32.1. The van der Waals surface area contributed by atoms with Gasteiger partial charge in [-0.2, -0.15) is 4.98 Å². The Kier molecular flexibility index (Phi) is 3.61. The maximum absolute atomic E-state index is 12.0. The number of aromatic amines is 1. The molecule has 0 saturated heterocycles. The Bertz CT molecular complexity index is 547. The normalized spacial score (nSPS) is 12.3. The maximum Gasteiger partial charge on any atom is 0.261 e. The molecule has 0 aliphatic heterocycles. The summed E-state index contributed by atoms with van der Waals surface area (Å²) in [6.45, 7) is 3.89. The van der Waals surface area contributed by atoms with Gasteiger partial charge in [-0.3, -0.25) is 9.89 Å². The van der Waals surface area contributed by atoms with Gasteiger partial charge < -0.3 is 11.1 Å². The van der Waals surface area contributed by atoms with Gasteiger partial charge in [-0.1, -0.05) is 6.92 Å². The van der Waals surface area contributed by atoms with Gasteiger partial charge in [0.25, 0.3) is 5.91 Å². The Morgan fingerprint density at radius 3 is 2.94 bits per heavy atom. The molecule has 7 heteroatoms. The molecule has 2 rings (SSSR count). The quantitative estimate of drug-likeness (QED) is 0.780. The van der Waals surface area contributed by atoms with Crippen LogP contribution < -0.4 is 11.1 Å². The van der Waals surface area contributed by atoms with Crippen molar-refractivity contribution in [2.75, 3.05) is 5.73 Å². The lowest BCUT2D eigenvalue weighted by atomic mass is 10.3. The summed E-state index contributed by atoms with van der Waals surface area (Å²) in [6, 6.07) is 3.55. The van der Waals surface area contributed by atoms with Gasteiger partial charge in [0.2, 0.25) is 5.95 Å². The van der Waals surface area contributed by atoms with Gasteiger partial charge >= 0.3 is 0 Å². The van der Waals surface area contributed by atoms with E-state index in [1.807, 2.05) is 19.1 Å². The fraction of sp³-hybridized carbons (Fsp3) is 0.364. The first-order valence-corrected chi connectivity index (χ1v) is 6.49. The molecule has 2 aromatic heterocycles. The number of aromatic nitrogens is 3. The summed E-state index contributed by atoms with van der Waals surface area (Å²) in [5, 5.41) is 9.25. The van der Waals surface area contributed by atoms with Crippen molar-refractivity contribution in [1.82, 2.24) is 20.5 Å². The number of hydrogen-bond donors (Lipinski definition) is 3. The number of hydrogen-bond acceptors (Lipinski definition) is 5. The molecule has 0 radical (unpaired) electrons. The number of nitrogen functional groups attached to an aromatic ring is 1. The number of thiophene rings is 1. The molecule has 0 fully saturated rings. The Hall–Kier alpha value is -1.89. The van der Waals surface area contributed by atoms with E-state index in [2.05, 4.69) is 27.4 Å². The molecule has 1 atom stereocenters. The zero-order chi connectivity index (χ0) is 13.1. The minimum absolute atomic E-state index is 0.109. The lowest BCUT2D eigenvalue weighted by Gasteiger charge is -2.09. The second-order valence-corrected chi connectivity index (χ2v) is 5.06. The van der Waals surface area contributed by atoms with Crippen molar-refractivity contribution < 1.29 is 4.79 Å². The number of nitrogens with zero attached hydrogens (tertiary/aromatic N) is 2. The molecule has 0 saturated carbocycles. The summed E-state index contributed by atoms with van der Waals surface area (Å²) in [5.41, 5.74) is 5.42. The topological polar surface area (TPSA) is 96.7 Å². The summed E-state index contributed by atoms with van der Waals surface area (Å²) in [6.07, 6.45) is 0.937. The number of aryl methyl sites for hydroxylation is 1. The van der Waals surface area contributed by atoms with Crippen LogP contribution in [0.25, 0.3) is 0 Å². The van der Waals surface area contributed by atoms with Gasteiger partial charge in [0.1, 0.15) is 5.82 Å². The Morgan fingerprint density at radius 2 is 2.39 bits per heavy atom. The SMILES string of the molecule is CCc1ccc(C(=O)NC(C)c2nc(N)n[nH]2)s1. The van der Waals surface area contributed by atoms with Gasteiger partial charge in [0.15, 0.2) is 0 Å². The van der Waals surface area contributed by atoms with Gasteiger partial charge in [-0.15, -0.1) is 16.4 Å². The second kappa shape index (κ2) is 5.18. The lowest BCUT2D eigenvalue weighted by Crippen LogP contribution is -2.26. The minimum Gasteiger partial charge on any atom is -0.367 e. The smallest absolute Gasteiger partial charge is 0.261 e. The highest BCUT2D eigenvalue weighted by Crippen LogP contribution is 2.18. The molecule has 4 N–H and O–H groups in total. The molecule has 2 heterocycles. The summed E-state index contributed by atoms with van der Waals surface area (Å²) in [4.78, 5) is 17.8. The van der Waals surface area contributed by atoms with Crippen molar-refractivity contribution in [1.29, 1.82) is 0 Å². The van der Waals surface area contributed by atoms with Crippen LogP contribution in [-0.2, 0) is 6.42 Å². The third-order valence-corrected chi connectivity index (χ3v) is 3.74. The molecule has 0 bridgehead atoms. The third kappa shape index (κ3) is 2.67. The van der Waals surface area contributed by atoms with Gasteiger partial charge in [0.05, 0.1) is 10.9 Å². The van der Waals surface area contributed by atoms with Crippen molar-refractivity contribution in [3.05, 3.63) is 27.7 Å². The predicted molar refractivity (Wildman–Crippen MR) is 70.4 cm³/mol. The summed E-state index contributed by atoms with van der Waals surface area (Å²) in [7, 11) is 0. The number of carbonyl (C=O) groups excluding carboxylic acids is 1. The lowest BCUT2D eigenvalue weighted by molar-refractivity contribution is 0.0942. The number of H-pyrrole nitrogens is 1. The molecule has 1 unspecified atom stereocenters. The van der Waals surface area contributed by atoms with Crippen molar-refractivity contribution in [3.63, 3.8) is 0 Å². The van der Waals surface area contributed by atoms with Crippen LogP contribution >= 0.6 is 11.3 Å². The van der Waals surface area contributed by atoms with Crippen molar-refractivity contribution in [2.45, 2.75) is 26.3 Å². The molecular formula is C11H15N5OS. The number of anilines is 1. The molecule has 0 aliphatic carbocycles. The van der Waals surface area contributed by atoms with Crippen LogP contribution in [0.3, 0.4) is 0 Å². The van der Waals surface area contributed by atoms with E-state index >= 15 is 0 Å². The van der Waals surface area contributed by atoms with Crippen molar-refractivity contribution >= 4 is 23.2 Å². The predicted octanol–water partition coefficient (Wildman–Crippen LogP) is 1.50. The van der Waals surface area contributed by atoms with E-state index in [4.69, 9.17) is 5.73 Å². The number of nitrogens with one attached hydrogen (secondary N) is 2. The number of carbonyl (C=O) groups is 1. The van der Waals surface area contributed by atoms with Crippen LogP contribution in [0, 0.1) is 0 Å². The van der Waals surface area contributed by atoms with Crippen molar-refractivity contribution in [2.24, 2.45) is 0 Å². The van der Waals surface area contributed by atoms with Crippen LogP contribution in [0.2, 0.25) is 0 Å². The molecule has 2 aromatic rings. The van der Waals surface area contributed by atoms with E-state index in [1.54, 1.807) is 0 Å². The van der Waals surface area contributed by atoms with Gasteiger partial charge in [-0.25, -0.2) is 0 Å². The molecular weight excluding hydrogens is 250 g/mol. The molecule has 96 valence electrons.